The first-order valence-corrected chi connectivity index (χ1v) is 9.22. The predicted octanol–water partition coefficient (Wildman–Crippen LogP) is 2.80. The third-order valence-electron chi connectivity index (χ3n) is 4.43. The lowest BCUT2D eigenvalue weighted by Crippen LogP contribution is -2.51. The number of hydrogen-bond donors (Lipinski definition) is 2. The molecule has 0 saturated carbocycles. The van der Waals surface area contributed by atoms with Gasteiger partial charge in [-0.2, -0.15) is 0 Å². The maximum atomic E-state index is 13.2. The summed E-state index contributed by atoms with van der Waals surface area (Å²) in [6.07, 6.45) is -0.202. The molecule has 1 heterocycles. The van der Waals surface area contributed by atoms with E-state index in [0.717, 1.165) is 0 Å². The van der Waals surface area contributed by atoms with Crippen LogP contribution in [0.1, 0.15) is 27.1 Å². The first-order valence-electron chi connectivity index (χ1n) is 8.43. The van der Waals surface area contributed by atoms with Gasteiger partial charge in [-0.25, -0.2) is 4.99 Å². The van der Waals surface area contributed by atoms with E-state index in [1.807, 2.05) is 0 Å². The highest BCUT2D eigenvalue weighted by atomic mass is 35.5. The van der Waals surface area contributed by atoms with Crippen LogP contribution in [0.3, 0.4) is 0 Å². The van der Waals surface area contributed by atoms with Crippen LogP contribution in [0.4, 0.5) is 0 Å². The molecule has 2 atom stereocenters. The molecule has 3 N–H and O–H groups in total. The summed E-state index contributed by atoms with van der Waals surface area (Å²) >= 11 is 10.8. The molecule has 0 saturated heterocycles. The van der Waals surface area contributed by atoms with Crippen molar-refractivity contribution in [2.24, 2.45) is 22.6 Å². The molecule has 28 heavy (non-hydrogen) atoms. The minimum Gasteiger partial charge on any atom is -0.386 e. The highest BCUT2D eigenvalue weighted by Gasteiger charge is 2.40. The number of thiocarbonyl (C=S) groups is 1. The van der Waals surface area contributed by atoms with Gasteiger partial charge in [0.1, 0.15) is 11.8 Å². The van der Waals surface area contributed by atoms with E-state index in [-0.39, 0.29) is 23.2 Å². The van der Waals surface area contributed by atoms with Crippen LogP contribution in [0.25, 0.3) is 0 Å². The fourth-order valence-electron chi connectivity index (χ4n) is 3.05. The summed E-state index contributed by atoms with van der Waals surface area (Å²) in [5.41, 5.74) is 6.70. The fraction of sp³-hybridized carbons (Fsp3) is 0.150. The van der Waals surface area contributed by atoms with E-state index in [1.54, 1.807) is 54.6 Å². The Morgan fingerprint density at radius 3 is 2.36 bits per heavy atom. The molecule has 142 valence electrons. The first kappa shape index (κ1) is 19.9. The molecule has 2 aromatic rings. The molecule has 1 amide bonds. The monoisotopic (exact) mass is 413 g/mol. The quantitative estimate of drug-likeness (QED) is 0.560. The molecule has 2 unspecified atom stereocenters. The highest BCUT2D eigenvalue weighted by Crippen LogP contribution is 2.26. The zero-order valence-corrected chi connectivity index (χ0v) is 16.2. The Hall–Kier alpha value is -2.90. The van der Waals surface area contributed by atoms with Gasteiger partial charge >= 0.3 is 0 Å². The number of ketones is 2. The molecule has 0 fully saturated rings. The van der Waals surface area contributed by atoms with E-state index < -0.39 is 23.5 Å². The van der Waals surface area contributed by atoms with Gasteiger partial charge in [0.2, 0.25) is 11.0 Å². The number of nitrogens with one attached hydrogen (secondary N) is 1. The number of hydrogen-bond acceptors (Lipinski definition) is 5. The molecular weight excluding hydrogens is 398 g/mol. The lowest BCUT2D eigenvalue weighted by atomic mass is 9.79. The number of nitrogens with two attached hydrogens (primary N) is 1. The SMILES string of the molecule is NC1=NC(=S)NC(=O)C1C(CC(=O)c1ccccc1)C(=O)c1ccc(Cl)cc1. The molecule has 0 radical (unpaired) electrons. The summed E-state index contributed by atoms with van der Waals surface area (Å²) in [4.78, 5) is 42.4. The number of rotatable bonds is 6. The third kappa shape index (κ3) is 4.32. The molecule has 8 heteroatoms. The van der Waals surface area contributed by atoms with Crippen LogP contribution in [-0.4, -0.2) is 28.4 Å². The number of Topliss-reactive ketones (excluding diaryl/α,β-unsaturated/α-hetero) is 2. The standard InChI is InChI=1S/C20H16ClN3O3S/c21-13-8-6-12(7-9-13)17(26)14(10-15(25)11-4-2-1-3-5-11)16-18(22)23-20(28)24-19(16)27/h1-9,14,16H,10H2,(H3,22,23,24,27,28). The van der Waals surface area contributed by atoms with E-state index in [4.69, 9.17) is 29.6 Å². The maximum absolute atomic E-state index is 13.2. The largest absolute Gasteiger partial charge is 0.386 e. The van der Waals surface area contributed by atoms with Gasteiger partial charge < -0.3 is 11.1 Å². The van der Waals surface area contributed by atoms with Gasteiger partial charge in [-0.3, -0.25) is 14.4 Å². The van der Waals surface area contributed by atoms with E-state index >= 15 is 0 Å². The Morgan fingerprint density at radius 2 is 1.75 bits per heavy atom. The highest BCUT2D eigenvalue weighted by molar-refractivity contribution is 7.80. The number of carbonyl (C=O) groups excluding carboxylic acids is 3. The van der Waals surface area contributed by atoms with Crippen molar-refractivity contribution in [3.8, 4) is 0 Å². The molecule has 1 aliphatic heterocycles. The van der Waals surface area contributed by atoms with Crippen LogP contribution in [0.2, 0.25) is 5.02 Å². The van der Waals surface area contributed by atoms with Crippen LogP contribution >= 0.6 is 23.8 Å². The van der Waals surface area contributed by atoms with Crippen molar-refractivity contribution in [1.29, 1.82) is 0 Å². The summed E-state index contributed by atoms with van der Waals surface area (Å²) in [7, 11) is 0. The summed E-state index contributed by atoms with van der Waals surface area (Å²) in [5.74, 6) is -3.43. The Bertz CT molecular complexity index is 974. The van der Waals surface area contributed by atoms with E-state index in [1.165, 1.54) is 0 Å². The van der Waals surface area contributed by atoms with Crippen LogP contribution < -0.4 is 11.1 Å². The Morgan fingerprint density at radius 1 is 1.11 bits per heavy atom. The second kappa shape index (κ2) is 8.41. The topological polar surface area (TPSA) is 102 Å². The predicted molar refractivity (Wildman–Crippen MR) is 111 cm³/mol. The molecule has 6 nitrogen and oxygen atoms in total. The third-order valence-corrected chi connectivity index (χ3v) is 4.88. The van der Waals surface area contributed by atoms with Gasteiger partial charge in [-0.05, 0) is 36.5 Å². The Labute approximate surface area is 171 Å². The smallest absolute Gasteiger partial charge is 0.237 e. The molecule has 3 rings (SSSR count). The minimum atomic E-state index is -1.09. The number of nitrogens with zero attached hydrogens (tertiary/aromatic N) is 1. The zero-order valence-electron chi connectivity index (χ0n) is 14.6. The van der Waals surface area contributed by atoms with Crippen molar-refractivity contribution in [3.63, 3.8) is 0 Å². The number of amides is 1. The van der Waals surface area contributed by atoms with Crippen molar-refractivity contribution >= 4 is 52.2 Å². The van der Waals surface area contributed by atoms with Crippen LogP contribution in [0.15, 0.2) is 59.6 Å². The van der Waals surface area contributed by atoms with Crippen molar-refractivity contribution in [2.45, 2.75) is 6.42 Å². The second-order valence-electron chi connectivity index (χ2n) is 6.28. The molecule has 0 aliphatic carbocycles. The Kier molecular flexibility index (Phi) is 5.96. The summed E-state index contributed by atoms with van der Waals surface area (Å²) in [5, 5.41) is 2.81. The normalized spacial score (nSPS) is 17.5. The van der Waals surface area contributed by atoms with Gasteiger partial charge in [0.25, 0.3) is 0 Å². The van der Waals surface area contributed by atoms with E-state index in [9.17, 15) is 14.4 Å². The van der Waals surface area contributed by atoms with Gasteiger partial charge in [0.15, 0.2) is 11.6 Å². The number of carbonyl (C=O) groups is 3. The Balaban J connectivity index is 1.98. The number of amidine groups is 1. The number of benzene rings is 2. The molecule has 0 aromatic heterocycles. The van der Waals surface area contributed by atoms with Gasteiger partial charge in [-0.1, -0.05) is 41.9 Å². The summed E-state index contributed by atoms with van der Waals surface area (Å²) in [6.45, 7) is 0. The second-order valence-corrected chi connectivity index (χ2v) is 7.10. The molecule has 2 aromatic carbocycles. The average Bonchev–Trinajstić information content (AvgIpc) is 2.67. The van der Waals surface area contributed by atoms with Gasteiger partial charge in [-0.15, -0.1) is 0 Å². The van der Waals surface area contributed by atoms with Crippen LogP contribution in [-0.2, 0) is 4.79 Å². The lowest BCUT2D eigenvalue weighted by Gasteiger charge is -2.27. The minimum absolute atomic E-state index is 0.0640. The van der Waals surface area contributed by atoms with Crippen LogP contribution in [0.5, 0.6) is 0 Å². The van der Waals surface area contributed by atoms with E-state index in [2.05, 4.69) is 10.3 Å². The maximum Gasteiger partial charge on any atom is 0.237 e. The molecular formula is C20H16ClN3O3S. The molecule has 1 aliphatic rings. The van der Waals surface area contributed by atoms with Gasteiger partial charge in [0, 0.05) is 28.5 Å². The molecule has 0 spiro atoms. The summed E-state index contributed by atoms with van der Waals surface area (Å²) in [6, 6.07) is 14.8. The summed E-state index contributed by atoms with van der Waals surface area (Å²) < 4.78 is 0. The lowest BCUT2D eigenvalue weighted by molar-refractivity contribution is -0.122. The number of halogens is 1. The fourth-order valence-corrected chi connectivity index (χ4v) is 3.38. The van der Waals surface area contributed by atoms with Crippen molar-refractivity contribution in [3.05, 3.63) is 70.7 Å². The van der Waals surface area contributed by atoms with Crippen LogP contribution in [0, 0.1) is 11.8 Å². The van der Waals surface area contributed by atoms with Crippen molar-refractivity contribution in [1.82, 2.24) is 5.32 Å². The first-order chi connectivity index (χ1) is 13.4. The van der Waals surface area contributed by atoms with Crippen molar-refractivity contribution < 1.29 is 14.4 Å². The average molecular weight is 414 g/mol. The van der Waals surface area contributed by atoms with E-state index in [0.29, 0.717) is 16.1 Å². The zero-order chi connectivity index (χ0) is 20.3. The molecule has 0 bridgehead atoms. The van der Waals surface area contributed by atoms with Gasteiger partial charge in [0.05, 0.1) is 0 Å². The number of aliphatic imine (C=N–C) groups is 1. The van der Waals surface area contributed by atoms with Crippen molar-refractivity contribution in [2.75, 3.05) is 0 Å².